The Bertz CT molecular complexity index is 821. The van der Waals surface area contributed by atoms with Crippen LogP contribution in [0.1, 0.15) is 28.4 Å². The third-order valence-corrected chi connectivity index (χ3v) is 3.84. The van der Waals surface area contributed by atoms with Gasteiger partial charge in [0.05, 0.1) is 0 Å². The minimum Gasteiger partial charge on any atom is -0.398 e. The summed E-state index contributed by atoms with van der Waals surface area (Å²) in [5.41, 5.74) is 8.98. The number of carbonyl (C=O) groups is 1. The third kappa shape index (κ3) is 2.29. The van der Waals surface area contributed by atoms with E-state index in [1.807, 2.05) is 36.4 Å². The Kier molecular flexibility index (Phi) is 3.44. The summed E-state index contributed by atoms with van der Waals surface area (Å²) >= 11 is 0. The van der Waals surface area contributed by atoms with Crippen LogP contribution in [0.5, 0.6) is 0 Å². The molecule has 0 radical (unpaired) electrons. The fourth-order valence-corrected chi connectivity index (χ4v) is 2.73. The van der Waals surface area contributed by atoms with Crippen LogP contribution in [0.3, 0.4) is 0 Å². The molecule has 0 aliphatic rings. The lowest BCUT2D eigenvalue weighted by atomic mass is 9.94. The number of nitrogen functional groups attached to an aromatic ring is 1. The maximum atomic E-state index is 12.8. The van der Waals surface area contributed by atoms with Crippen molar-refractivity contribution in [3.63, 3.8) is 0 Å². The summed E-state index contributed by atoms with van der Waals surface area (Å²) in [6.45, 7) is 2.12. The van der Waals surface area contributed by atoms with E-state index >= 15 is 0 Å². The van der Waals surface area contributed by atoms with Gasteiger partial charge in [-0.15, -0.1) is 0 Å². The first-order chi connectivity index (χ1) is 10.2. The molecule has 3 aromatic carbocycles. The summed E-state index contributed by atoms with van der Waals surface area (Å²) in [5, 5.41) is 2.13. The lowest BCUT2D eigenvalue weighted by Crippen LogP contribution is -2.06. The zero-order chi connectivity index (χ0) is 14.8. The number of hydrogen-bond acceptors (Lipinski definition) is 2. The van der Waals surface area contributed by atoms with Crippen molar-refractivity contribution in [1.29, 1.82) is 0 Å². The number of anilines is 1. The molecular formula is C19H17NO. The van der Waals surface area contributed by atoms with Crippen molar-refractivity contribution in [1.82, 2.24) is 0 Å². The molecular weight excluding hydrogens is 258 g/mol. The smallest absolute Gasteiger partial charge is 0.195 e. The quantitative estimate of drug-likeness (QED) is 0.574. The average Bonchev–Trinajstić information content (AvgIpc) is 2.53. The van der Waals surface area contributed by atoms with E-state index in [2.05, 4.69) is 19.1 Å². The highest BCUT2D eigenvalue weighted by molar-refractivity contribution is 6.18. The summed E-state index contributed by atoms with van der Waals surface area (Å²) in [5.74, 6) is -0.0213. The summed E-state index contributed by atoms with van der Waals surface area (Å²) in [4.78, 5) is 12.8. The van der Waals surface area contributed by atoms with Crippen LogP contribution in [-0.2, 0) is 6.42 Å². The molecule has 0 aliphatic carbocycles. The predicted molar refractivity (Wildman–Crippen MR) is 87.6 cm³/mol. The number of hydrogen-bond donors (Lipinski definition) is 1. The molecule has 0 aromatic heterocycles. The van der Waals surface area contributed by atoms with Crippen molar-refractivity contribution in [3.05, 3.63) is 77.4 Å². The molecule has 0 atom stereocenters. The van der Waals surface area contributed by atoms with Crippen LogP contribution >= 0.6 is 0 Å². The summed E-state index contributed by atoms with van der Waals surface area (Å²) in [7, 11) is 0. The molecule has 3 aromatic rings. The van der Waals surface area contributed by atoms with Gasteiger partial charge in [-0.3, -0.25) is 4.79 Å². The fourth-order valence-electron chi connectivity index (χ4n) is 2.73. The van der Waals surface area contributed by atoms with E-state index in [0.29, 0.717) is 16.8 Å². The van der Waals surface area contributed by atoms with E-state index in [-0.39, 0.29) is 5.78 Å². The Balaban J connectivity index is 2.22. The van der Waals surface area contributed by atoms with Crippen molar-refractivity contribution in [2.24, 2.45) is 0 Å². The van der Waals surface area contributed by atoms with Gasteiger partial charge in [-0.05, 0) is 34.9 Å². The number of nitrogens with two attached hydrogens (primary N) is 1. The van der Waals surface area contributed by atoms with Gasteiger partial charge in [-0.1, -0.05) is 55.5 Å². The van der Waals surface area contributed by atoms with E-state index in [1.165, 1.54) is 5.56 Å². The van der Waals surface area contributed by atoms with Crippen LogP contribution in [-0.4, -0.2) is 5.78 Å². The van der Waals surface area contributed by atoms with Gasteiger partial charge in [0, 0.05) is 16.8 Å². The van der Waals surface area contributed by atoms with Crippen LogP contribution in [0, 0.1) is 0 Å². The van der Waals surface area contributed by atoms with Crippen LogP contribution in [0.25, 0.3) is 10.8 Å². The highest BCUT2D eigenvalue weighted by Gasteiger charge is 2.15. The van der Waals surface area contributed by atoms with Gasteiger partial charge in [0.25, 0.3) is 0 Å². The van der Waals surface area contributed by atoms with Gasteiger partial charge in [0.2, 0.25) is 0 Å². The normalized spacial score (nSPS) is 10.7. The number of rotatable bonds is 3. The van der Waals surface area contributed by atoms with Gasteiger partial charge in [0.1, 0.15) is 0 Å². The lowest BCUT2D eigenvalue weighted by molar-refractivity contribution is 0.104. The van der Waals surface area contributed by atoms with E-state index in [0.717, 1.165) is 17.2 Å². The van der Waals surface area contributed by atoms with E-state index in [9.17, 15) is 4.79 Å². The molecule has 0 spiro atoms. The fraction of sp³-hybridized carbons (Fsp3) is 0.105. The van der Waals surface area contributed by atoms with E-state index in [1.54, 1.807) is 12.1 Å². The van der Waals surface area contributed by atoms with Gasteiger partial charge >= 0.3 is 0 Å². The third-order valence-electron chi connectivity index (χ3n) is 3.84. The van der Waals surface area contributed by atoms with E-state index < -0.39 is 0 Å². The number of fused-ring (bicyclic) bond motifs is 1. The molecule has 104 valence electrons. The molecule has 0 saturated heterocycles. The van der Waals surface area contributed by atoms with Crippen LogP contribution in [0.4, 0.5) is 5.69 Å². The van der Waals surface area contributed by atoms with Gasteiger partial charge in [-0.2, -0.15) is 0 Å². The number of aryl methyl sites for hydroxylation is 1. The molecule has 0 bridgehead atoms. The molecule has 0 saturated carbocycles. The topological polar surface area (TPSA) is 43.1 Å². The molecule has 0 amide bonds. The Labute approximate surface area is 124 Å². The van der Waals surface area contributed by atoms with Crippen LogP contribution in [0.15, 0.2) is 60.7 Å². The largest absolute Gasteiger partial charge is 0.398 e. The first kappa shape index (κ1) is 13.4. The Morgan fingerprint density at radius 3 is 2.29 bits per heavy atom. The van der Waals surface area contributed by atoms with Gasteiger partial charge in [-0.25, -0.2) is 0 Å². The van der Waals surface area contributed by atoms with Gasteiger partial charge < -0.3 is 5.73 Å². The standard InChI is InChI=1S/C19H17NO/c1-2-13-7-5-10-15-14(13)9-6-11-16(15)19(21)17-8-3-4-12-18(17)20/h3-12H,2,20H2,1H3. The molecule has 2 nitrogen and oxygen atoms in total. The second-order valence-electron chi connectivity index (χ2n) is 5.09. The van der Waals surface area contributed by atoms with Crippen molar-refractivity contribution in [3.8, 4) is 0 Å². The summed E-state index contributed by atoms with van der Waals surface area (Å²) in [6.07, 6.45) is 0.947. The monoisotopic (exact) mass is 275 g/mol. The lowest BCUT2D eigenvalue weighted by Gasteiger charge is -2.10. The van der Waals surface area contributed by atoms with Crippen LogP contribution < -0.4 is 5.73 Å². The zero-order valence-electron chi connectivity index (χ0n) is 12.0. The second-order valence-corrected chi connectivity index (χ2v) is 5.09. The Morgan fingerprint density at radius 1 is 0.857 bits per heavy atom. The highest BCUT2D eigenvalue weighted by Crippen LogP contribution is 2.26. The van der Waals surface area contributed by atoms with Gasteiger partial charge in [0.15, 0.2) is 5.78 Å². The molecule has 3 rings (SSSR count). The van der Waals surface area contributed by atoms with E-state index in [4.69, 9.17) is 5.73 Å². The number of para-hydroxylation sites is 1. The predicted octanol–water partition coefficient (Wildman–Crippen LogP) is 4.22. The number of benzene rings is 3. The Morgan fingerprint density at radius 2 is 1.52 bits per heavy atom. The Hall–Kier alpha value is -2.61. The molecule has 0 fully saturated rings. The maximum absolute atomic E-state index is 12.8. The van der Waals surface area contributed by atoms with Crippen molar-refractivity contribution < 1.29 is 4.79 Å². The molecule has 0 heterocycles. The van der Waals surface area contributed by atoms with Crippen LogP contribution in [0.2, 0.25) is 0 Å². The molecule has 21 heavy (non-hydrogen) atoms. The molecule has 0 unspecified atom stereocenters. The van der Waals surface area contributed by atoms with Crippen molar-refractivity contribution >= 4 is 22.2 Å². The first-order valence-corrected chi connectivity index (χ1v) is 7.12. The number of ketones is 1. The summed E-state index contributed by atoms with van der Waals surface area (Å²) in [6, 6.07) is 19.2. The molecule has 2 N–H and O–H groups in total. The van der Waals surface area contributed by atoms with Crippen molar-refractivity contribution in [2.75, 3.05) is 5.73 Å². The molecule has 0 aliphatic heterocycles. The highest BCUT2D eigenvalue weighted by atomic mass is 16.1. The first-order valence-electron chi connectivity index (χ1n) is 7.12. The van der Waals surface area contributed by atoms with Crippen molar-refractivity contribution in [2.45, 2.75) is 13.3 Å². The molecule has 2 heteroatoms. The average molecular weight is 275 g/mol. The number of carbonyl (C=O) groups excluding carboxylic acids is 1. The minimum atomic E-state index is -0.0213. The summed E-state index contributed by atoms with van der Waals surface area (Å²) < 4.78 is 0. The second kappa shape index (κ2) is 5.41. The SMILES string of the molecule is CCc1cccc2c(C(=O)c3ccccc3N)cccc12. The maximum Gasteiger partial charge on any atom is 0.195 e. The minimum absolute atomic E-state index is 0.0213. The zero-order valence-corrected chi connectivity index (χ0v) is 12.0.